The molecule has 1 fully saturated rings. The van der Waals surface area contributed by atoms with Gasteiger partial charge in [0.2, 0.25) is 11.8 Å². The molecule has 33 heavy (non-hydrogen) atoms. The summed E-state index contributed by atoms with van der Waals surface area (Å²) in [4.78, 5) is 40.5. The second-order valence-electron chi connectivity index (χ2n) is 8.94. The number of esters is 1. The predicted octanol–water partition coefficient (Wildman–Crippen LogP) is 4.56. The van der Waals surface area contributed by atoms with Gasteiger partial charge in [0.25, 0.3) is 0 Å². The van der Waals surface area contributed by atoms with Crippen molar-refractivity contribution in [2.45, 2.75) is 18.8 Å². The van der Waals surface area contributed by atoms with Crippen molar-refractivity contribution in [3.63, 3.8) is 0 Å². The largest absolute Gasteiger partial charge is 0.423 e. The second kappa shape index (κ2) is 7.01. The number of carbonyl (C=O) groups is 3. The lowest BCUT2D eigenvalue weighted by Gasteiger charge is -2.45. The summed E-state index contributed by atoms with van der Waals surface area (Å²) in [5.41, 5.74) is 5.37. The van der Waals surface area contributed by atoms with Gasteiger partial charge in [0.15, 0.2) is 0 Å². The van der Waals surface area contributed by atoms with E-state index in [1.54, 1.807) is 31.2 Å². The van der Waals surface area contributed by atoms with Crippen LogP contribution in [0.5, 0.6) is 5.75 Å². The lowest BCUT2D eigenvalue weighted by atomic mass is 9.55. The Bertz CT molecular complexity index is 1240. The van der Waals surface area contributed by atoms with E-state index >= 15 is 0 Å². The van der Waals surface area contributed by atoms with E-state index in [2.05, 4.69) is 30.8 Å². The first-order chi connectivity index (χ1) is 16.0. The van der Waals surface area contributed by atoms with Crippen molar-refractivity contribution in [1.82, 2.24) is 0 Å². The van der Waals surface area contributed by atoms with Crippen molar-refractivity contribution in [3.8, 4) is 5.75 Å². The van der Waals surface area contributed by atoms with Gasteiger partial charge in [0.05, 0.1) is 17.5 Å². The van der Waals surface area contributed by atoms with E-state index in [1.807, 2.05) is 24.3 Å². The van der Waals surface area contributed by atoms with Crippen LogP contribution in [0, 0.1) is 11.8 Å². The van der Waals surface area contributed by atoms with Crippen molar-refractivity contribution in [2.75, 3.05) is 4.90 Å². The summed E-state index contributed by atoms with van der Waals surface area (Å²) in [6.07, 6.45) is 0. The number of hydrogen-bond acceptors (Lipinski definition) is 4. The van der Waals surface area contributed by atoms with Gasteiger partial charge in [-0.1, -0.05) is 55.1 Å². The van der Waals surface area contributed by atoms with Gasteiger partial charge in [0.1, 0.15) is 5.75 Å². The molecule has 1 aliphatic heterocycles. The summed E-state index contributed by atoms with van der Waals surface area (Å²) in [5, 5.41) is 0. The zero-order valence-electron chi connectivity index (χ0n) is 18.0. The zero-order chi connectivity index (χ0) is 22.9. The lowest BCUT2D eigenvalue weighted by molar-refractivity contribution is -0.130. The van der Waals surface area contributed by atoms with Crippen LogP contribution in [0.15, 0.2) is 84.9 Å². The Morgan fingerprint density at radius 1 is 0.758 bits per heavy atom. The molecule has 162 valence electrons. The third-order valence-corrected chi connectivity index (χ3v) is 7.10. The van der Waals surface area contributed by atoms with E-state index in [4.69, 9.17) is 4.74 Å². The topological polar surface area (TPSA) is 63.7 Å². The normalized spacial score (nSPS) is 24.2. The number of benzene rings is 3. The molecule has 0 unspecified atom stereocenters. The van der Waals surface area contributed by atoms with Gasteiger partial charge in [-0.3, -0.25) is 9.59 Å². The fourth-order valence-electron chi connectivity index (χ4n) is 5.79. The maximum Gasteiger partial charge on any atom is 0.338 e. The molecule has 0 aromatic heterocycles. The average molecular weight is 435 g/mol. The highest BCUT2D eigenvalue weighted by Crippen LogP contribution is 2.61. The number of nitrogens with zero attached hydrogens (tertiary/aromatic N) is 1. The monoisotopic (exact) mass is 435 g/mol. The van der Waals surface area contributed by atoms with E-state index in [9.17, 15) is 14.4 Å². The first kappa shape index (κ1) is 19.7. The third-order valence-electron chi connectivity index (χ3n) is 7.10. The SMILES string of the molecule is C=C(C)C(=O)Oc1ccc(N2C(=O)[C@@H]3C4c5ccccc5C(c5ccccc54)[C@H]3C2=O)cc1. The minimum atomic E-state index is -0.519. The Hall–Kier alpha value is -3.99. The summed E-state index contributed by atoms with van der Waals surface area (Å²) in [6, 6.07) is 22.8. The van der Waals surface area contributed by atoms with Crippen LogP contribution in [0.2, 0.25) is 0 Å². The van der Waals surface area contributed by atoms with Gasteiger partial charge < -0.3 is 4.74 Å². The van der Waals surface area contributed by atoms with Crippen molar-refractivity contribution in [3.05, 3.63) is 107 Å². The van der Waals surface area contributed by atoms with Crippen LogP contribution in [-0.2, 0) is 14.4 Å². The van der Waals surface area contributed by atoms with Crippen LogP contribution < -0.4 is 9.64 Å². The smallest absolute Gasteiger partial charge is 0.338 e. The van der Waals surface area contributed by atoms with Gasteiger partial charge in [-0.15, -0.1) is 0 Å². The molecule has 2 amide bonds. The number of amides is 2. The molecule has 2 bridgehead atoms. The Labute approximate surface area is 191 Å². The van der Waals surface area contributed by atoms with E-state index in [-0.39, 0.29) is 23.7 Å². The van der Waals surface area contributed by atoms with E-state index < -0.39 is 17.8 Å². The Morgan fingerprint density at radius 3 is 1.58 bits per heavy atom. The summed E-state index contributed by atoms with van der Waals surface area (Å²) >= 11 is 0. The van der Waals surface area contributed by atoms with Crippen molar-refractivity contribution < 1.29 is 19.1 Å². The maximum absolute atomic E-state index is 13.7. The van der Waals surface area contributed by atoms with E-state index in [0.717, 1.165) is 22.3 Å². The molecule has 2 atom stereocenters. The number of hydrogen-bond donors (Lipinski definition) is 0. The highest BCUT2D eigenvalue weighted by atomic mass is 16.5. The number of anilines is 1. The van der Waals surface area contributed by atoms with Crippen LogP contribution in [-0.4, -0.2) is 17.8 Å². The Balaban J connectivity index is 1.40. The molecule has 3 aromatic rings. The molecule has 1 saturated heterocycles. The van der Waals surface area contributed by atoms with Crippen molar-refractivity contribution in [1.29, 1.82) is 0 Å². The van der Waals surface area contributed by atoms with Crippen LogP contribution in [0.4, 0.5) is 5.69 Å². The number of rotatable bonds is 3. The molecule has 0 N–H and O–H groups in total. The summed E-state index contributed by atoms with van der Waals surface area (Å²) < 4.78 is 5.24. The molecule has 0 saturated carbocycles. The Kier molecular flexibility index (Phi) is 4.18. The molecule has 5 nitrogen and oxygen atoms in total. The zero-order valence-corrected chi connectivity index (χ0v) is 18.0. The number of imide groups is 1. The third kappa shape index (κ3) is 2.68. The Morgan fingerprint density at radius 2 is 1.18 bits per heavy atom. The predicted molar refractivity (Wildman–Crippen MR) is 123 cm³/mol. The minimum absolute atomic E-state index is 0.135. The fourth-order valence-corrected chi connectivity index (χ4v) is 5.79. The van der Waals surface area contributed by atoms with Crippen LogP contribution in [0.25, 0.3) is 0 Å². The maximum atomic E-state index is 13.7. The first-order valence-corrected chi connectivity index (χ1v) is 11.0. The average Bonchev–Trinajstić information content (AvgIpc) is 3.10. The van der Waals surface area contributed by atoms with Gasteiger partial charge in [0, 0.05) is 17.4 Å². The van der Waals surface area contributed by atoms with Crippen LogP contribution in [0.3, 0.4) is 0 Å². The molecular weight excluding hydrogens is 414 g/mol. The molecule has 4 aliphatic rings. The molecule has 0 radical (unpaired) electrons. The molecule has 3 aliphatic carbocycles. The number of ether oxygens (including phenoxy) is 1. The van der Waals surface area contributed by atoms with Gasteiger partial charge in [-0.05, 0) is 53.4 Å². The molecule has 5 heteroatoms. The minimum Gasteiger partial charge on any atom is -0.423 e. The number of carbonyl (C=O) groups excluding carboxylic acids is 3. The van der Waals surface area contributed by atoms with E-state index in [1.165, 1.54) is 4.90 Å². The van der Waals surface area contributed by atoms with Gasteiger partial charge in [-0.25, -0.2) is 9.69 Å². The van der Waals surface area contributed by atoms with Crippen LogP contribution >= 0.6 is 0 Å². The highest BCUT2D eigenvalue weighted by molar-refractivity contribution is 6.23. The summed E-state index contributed by atoms with van der Waals surface area (Å²) in [7, 11) is 0. The molecule has 0 spiro atoms. The van der Waals surface area contributed by atoms with Crippen molar-refractivity contribution in [2.24, 2.45) is 11.8 Å². The van der Waals surface area contributed by atoms with Crippen molar-refractivity contribution >= 4 is 23.5 Å². The fraction of sp³-hybridized carbons (Fsp3) is 0.179. The van der Waals surface area contributed by atoms with Gasteiger partial charge >= 0.3 is 5.97 Å². The standard InChI is InChI=1S/C28H21NO4/c1-15(2)28(32)33-17-13-11-16(12-14-17)29-26(30)24-22-18-7-3-4-8-19(18)23(25(24)27(29)31)21-10-6-5-9-20(21)22/h3-14,22-25H,1H2,2H3/t22?,23?,24-,25-/m1/s1. The summed E-state index contributed by atoms with van der Waals surface area (Å²) in [5.74, 6) is -1.64. The van der Waals surface area contributed by atoms with Gasteiger partial charge in [-0.2, -0.15) is 0 Å². The van der Waals surface area contributed by atoms with Crippen LogP contribution in [0.1, 0.15) is 41.0 Å². The van der Waals surface area contributed by atoms with E-state index in [0.29, 0.717) is 17.0 Å². The quantitative estimate of drug-likeness (QED) is 0.262. The first-order valence-electron chi connectivity index (χ1n) is 11.0. The molecule has 7 rings (SSSR count). The summed E-state index contributed by atoms with van der Waals surface area (Å²) in [6.45, 7) is 5.15. The lowest BCUT2D eigenvalue weighted by Crippen LogP contribution is -2.41. The molecule has 1 heterocycles. The molecule has 3 aromatic carbocycles. The second-order valence-corrected chi connectivity index (χ2v) is 8.94. The highest BCUT2D eigenvalue weighted by Gasteiger charge is 2.61. The molecular formula is C28H21NO4.